The Bertz CT molecular complexity index is 1680. The minimum Gasteiger partial charge on any atom is -0.457 e. The molecule has 1 atom stereocenters. The van der Waals surface area contributed by atoms with Gasteiger partial charge in [0.05, 0.1) is 35.2 Å². The number of fused-ring (bicyclic) bond motifs is 5. The molecule has 0 fully saturated rings. The summed E-state index contributed by atoms with van der Waals surface area (Å²) in [5.41, 5.74) is 0.745. The minimum atomic E-state index is -1.74. The molecular formula is C29H29N3O8. The molecule has 0 unspecified atom stereocenters. The quantitative estimate of drug-likeness (QED) is 0.158. The fraction of sp³-hybridized carbons (Fsp3) is 0.379. The second kappa shape index (κ2) is 9.58. The molecule has 0 N–H and O–H groups in total. The molecule has 2 aliphatic rings. The minimum absolute atomic E-state index is 0.0836. The van der Waals surface area contributed by atoms with E-state index in [9.17, 15) is 19.2 Å². The third-order valence-corrected chi connectivity index (χ3v) is 6.76. The van der Waals surface area contributed by atoms with E-state index in [2.05, 4.69) is 5.16 Å². The molecule has 0 saturated carbocycles. The third kappa shape index (κ3) is 4.51. The summed E-state index contributed by atoms with van der Waals surface area (Å²) in [5.74, 6) is -1.52. The number of carbonyl (C=O) groups is 3. The van der Waals surface area contributed by atoms with E-state index < -0.39 is 29.1 Å². The maximum absolute atomic E-state index is 13.8. The molecule has 3 aromatic rings. The maximum atomic E-state index is 13.8. The van der Waals surface area contributed by atoms with Gasteiger partial charge in [-0.05, 0) is 51.5 Å². The first-order chi connectivity index (χ1) is 18.8. The number of benzene rings is 1. The molecule has 2 aliphatic heterocycles. The molecule has 11 nitrogen and oxygen atoms in total. The van der Waals surface area contributed by atoms with Crippen molar-refractivity contribution in [1.82, 2.24) is 9.55 Å². The van der Waals surface area contributed by atoms with Gasteiger partial charge < -0.3 is 23.6 Å². The zero-order valence-corrected chi connectivity index (χ0v) is 23.1. The Balaban J connectivity index is 1.76. The van der Waals surface area contributed by atoms with Crippen LogP contribution in [0.25, 0.3) is 22.3 Å². The molecule has 5 rings (SSSR count). The molecule has 2 aromatic heterocycles. The fourth-order valence-electron chi connectivity index (χ4n) is 5.11. The molecule has 40 heavy (non-hydrogen) atoms. The van der Waals surface area contributed by atoms with Gasteiger partial charge >= 0.3 is 17.9 Å². The number of aromatic nitrogens is 2. The summed E-state index contributed by atoms with van der Waals surface area (Å²) in [4.78, 5) is 60.8. The lowest BCUT2D eigenvalue weighted by Crippen LogP contribution is -2.47. The highest BCUT2D eigenvalue weighted by atomic mass is 16.6. The summed E-state index contributed by atoms with van der Waals surface area (Å²) in [6, 6.07) is 6.72. The van der Waals surface area contributed by atoms with E-state index in [1.54, 1.807) is 42.0 Å². The Labute approximate surface area is 229 Å². The van der Waals surface area contributed by atoms with Crippen LogP contribution in [-0.2, 0) is 47.4 Å². The lowest BCUT2D eigenvalue weighted by molar-refractivity contribution is -0.188. The molecule has 0 amide bonds. The van der Waals surface area contributed by atoms with E-state index >= 15 is 0 Å². The molecule has 4 heterocycles. The van der Waals surface area contributed by atoms with Crippen molar-refractivity contribution < 1.29 is 33.4 Å². The Hall–Kier alpha value is -4.54. The molecule has 0 aliphatic carbocycles. The van der Waals surface area contributed by atoms with Gasteiger partial charge in [-0.25, -0.2) is 9.78 Å². The van der Waals surface area contributed by atoms with Gasteiger partial charge in [-0.1, -0.05) is 12.1 Å². The van der Waals surface area contributed by atoms with E-state index in [0.717, 1.165) is 0 Å². The van der Waals surface area contributed by atoms with Crippen LogP contribution in [0.15, 0.2) is 34.2 Å². The first-order valence-electron chi connectivity index (χ1n) is 12.9. The molecule has 11 heteroatoms. The number of carbonyl (C=O) groups excluding carboxylic acids is 3. The van der Waals surface area contributed by atoms with Crippen LogP contribution in [0, 0.1) is 0 Å². The predicted molar refractivity (Wildman–Crippen MR) is 144 cm³/mol. The van der Waals surface area contributed by atoms with Crippen LogP contribution < -0.4 is 10.3 Å². The van der Waals surface area contributed by atoms with Gasteiger partial charge in [0.2, 0.25) is 5.60 Å². The number of esters is 3. The van der Waals surface area contributed by atoms with Crippen LogP contribution in [0.3, 0.4) is 0 Å². The Morgan fingerprint density at radius 2 is 1.90 bits per heavy atom. The molecule has 0 spiro atoms. The second-order valence-electron chi connectivity index (χ2n) is 10.7. The van der Waals surface area contributed by atoms with Crippen molar-refractivity contribution in [2.24, 2.45) is 5.16 Å². The second-order valence-corrected chi connectivity index (χ2v) is 10.7. The number of cyclic esters (lactones) is 1. The highest BCUT2D eigenvalue weighted by Crippen LogP contribution is 2.42. The first kappa shape index (κ1) is 27.0. The number of hydrogen-bond donors (Lipinski definition) is 0. The van der Waals surface area contributed by atoms with Crippen LogP contribution >= 0.6 is 0 Å². The summed E-state index contributed by atoms with van der Waals surface area (Å²) in [6.07, 6.45) is 1.64. The third-order valence-electron chi connectivity index (χ3n) is 6.76. The van der Waals surface area contributed by atoms with E-state index in [1.807, 2.05) is 20.8 Å². The van der Waals surface area contributed by atoms with Crippen LogP contribution in [-0.4, -0.2) is 39.3 Å². The summed E-state index contributed by atoms with van der Waals surface area (Å²) >= 11 is 0. The lowest BCUT2D eigenvalue weighted by atomic mass is 9.85. The van der Waals surface area contributed by atoms with E-state index in [1.165, 1.54) is 13.8 Å². The Kier molecular flexibility index (Phi) is 6.48. The van der Waals surface area contributed by atoms with Crippen LogP contribution in [0.2, 0.25) is 0 Å². The lowest BCUT2D eigenvalue weighted by Gasteiger charge is -2.35. The Morgan fingerprint density at radius 3 is 2.55 bits per heavy atom. The van der Waals surface area contributed by atoms with Crippen molar-refractivity contribution in [1.29, 1.82) is 0 Å². The van der Waals surface area contributed by atoms with Gasteiger partial charge in [-0.2, -0.15) is 0 Å². The van der Waals surface area contributed by atoms with Crippen molar-refractivity contribution in [2.75, 3.05) is 0 Å². The topological polar surface area (TPSA) is 135 Å². The van der Waals surface area contributed by atoms with E-state index in [4.69, 9.17) is 24.0 Å². The van der Waals surface area contributed by atoms with Crippen LogP contribution in [0.1, 0.15) is 70.2 Å². The average Bonchev–Trinajstić information content (AvgIpc) is 3.23. The summed E-state index contributed by atoms with van der Waals surface area (Å²) in [7, 11) is 0. The number of pyridine rings is 2. The van der Waals surface area contributed by atoms with Gasteiger partial charge in [0.25, 0.3) is 5.56 Å². The number of ether oxygens (including phenoxy) is 3. The van der Waals surface area contributed by atoms with Crippen LogP contribution in [0.4, 0.5) is 0 Å². The van der Waals surface area contributed by atoms with Crippen molar-refractivity contribution in [3.05, 3.63) is 56.9 Å². The molecule has 0 saturated heterocycles. The van der Waals surface area contributed by atoms with Crippen molar-refractivity contribution in [2.45, 2.75) is 72.3 Å². The summed E-state index contributed by atoms with van der Waals surface area (Å²) < 4.78 is 17.7. The fourth-order valence-corrected chi connectivity index (χ4v) is 5.11. The zero-order chi connectivity index (χ0) is 29.0. The number of hydrogen-bond acceptors (Lipinski definition) is 10. The van der Waals surface area contributed by atoms with Crippen LogP contribution in [0.5, 0.6) is 5.75 Å². The Morgan fingerprint density at radius 1 is 1.15 bits per heavy atom. The predicted octanol–water partition coefficient (Wildman–Crippen LogP) is 3.72. The van der Waals surface area contributed by atoms with Crippen molar-refractivity contribution in [3.63, 3.8) is 0 Å². The largest absolute Gasteiger partial charge is 0.457 e. The van der Waals surface area contributed by atoms with Crippen molar-refractivity contribution >= 4 is 35.0 Å². The average molecular weight is 548 g/mol. The highest BCUT2D eigenvalue weighted by Gasteiger charge is 2.50. The number of oxime groups is 1. The molecule has 208 valence electrons. The van der Waals surface area contributed by atoms with Gasteiger partial charge in [0, 0.05) is 35.9 Å². The first-order valence-corrected chi connectivity index (χ1v) is 12.9. The standard InChI is InChI=1S/C29H29N3O8/c1-7-29(39-16(3)34)22-11-24-25-20(13-32(24)26(35)21(22)14-37-27(29)36)19(12-30-40-28(4,5)6)18-10-17(38-15(2)33)8-9-23(18)31-25/h8-12H,7,13-14H2,1-6H3/b30-12-/t29-/m0/s1. The van der Waals surface area contributed by atoms with Gasteiger partial charge in [-0.15, -0.1) is 0 Å². The van der Waals surface area contributed by atoms with Crippen molar-refractivity contribution in [3.8, 4) is 17.1 Å². The van der Waals surface area contributed by atoms with E-state index in [0.29, 0.717) is 44.7 Å². The molecule has 1 aromatic carbocycles. The van der Waals surface area contributed by atoms with Gasteiger partial charge in [0.15, 0.2) is 0 Å². The molecular weight excluding hydrogens is 518 g/mol. The monoisotopic (exact) mass is 547 g/mol. The smallest absolute Gasteiger partial charge is 0.355 e. The number of nitrogens with zero attached hydrogens (tertiary/aromatic N) is 3. The molecule has 0 radical (unpaired) electrons. The maximum Gasteiger partial charge on any atom is 0.355 e. The normalized spacial score (nSPS) is 17.7. The summed E-state index contributed by atoms with van der Waals surface area (Å²) in [5, 5.41) is 4.85. The highest BCUT2D eigenvalue weighted by molar-refractivity contribution is 6.03. The zero-order valence-electron chi connectivity index (χ0n) is 23.1. The van der Waals surface area contributed by atoms with E-state index in [-0.39, 0.29) is 30.7 Å². The number of rotatable bonds is 5. The SMILES string of the molecule is CC[C@@]1(OC(C)=O)C(=O)OCc2c1cc1n(c2=O)Cc2c-1nc1ccc(OC(C)=O)cc1c2/C=N\OC(C)(C)C. The molecule has 0 bridgehead atoms. The van der Waals surface area contributed by atoms with Gasteiger partial charge in [0.1, 0.15) is 18.0 Å². The summed E-state index contributed by atoms with van der Waals surface area (Å²) in [6.45, 7) is 9.73. The van der Waals surface area contributed by atoms with Gasteiger partial charge in [-0.3, -0.25) is 14.4 Å².